The average molecular weight is 308 g/mol. The summed E-state index contributed by atoms with van der Waals surface area (Å²) in [4.78, 5) is 1.43. The van der Waals surface area contributed by atoms with Crippen LogP contribution in [0.5, 0.6) is 0 Å². The second-order valence-corrected chi connectivity index (χ2v) is 6.83. The Kier molecular flexibility index (Phi) is 4.29. The molecule has 1 aromatic carbocycles. The summed E-state index contributed by atoms with van der Waals surface area (Å²) in [5, 5.41) is 3.68. The van der Waals surface area contributed by atoms with Gasteiger partial charge in [-0.3, -0.25) is 0 Å². The van der Waals surface area contributed by atoms with Crippen molar-refractivity contribution in [3.8, 4) is 0 Å². The van der Waals surface area contributed by atoms with Gasteiger partial charge in [-0.2, -0.15) is 0 Å². The van der Waals surface area contributed by atoms with Crippen molar-refractivity contribution in [2.24, 2.45) is 0 Å². The van der Waals surface area contributed by atoms with E-state index in [2.05, 4.69) is 35.6 Å². The van der Waals surface area contributed by atoms with Crippen LogP contribution in [0.25, 0.3) is 0 Å². The fourth-order valence-electron chi connectivity index (χ4n) is 2.76. The van der Waals surface area contributed by atoms with E-state index in [-0.39, 0.29) is 0 Å². The van der Waals surface area contributed by atoms with Crippen LogP contribution in [-0.2, 0) is 17.6 Å². The number of para-hydroxylation sites is 1. The van der Waals surface area contributed by atoms with E-state index in [0.717, 1.165) is 30.2 Å². The van der Waals surface area contributed by atoms with Crippen LogP contribution in [0.15, 0.2) is 30.3 Å². The summed E-state index contributed by atoms with van der Waals surface area (Å²) in [5.41, 5.74) is 3.90. The van der Waals surface area contributed by atoms with Crippen LogP contribution < -0.4 is 5.32 Å². The standard InChI is InChI=1S/C16H18ClNOS/c1-19-9-8-11-4-2-3-5-13(11)18-14-6-7-15-12(14)10-16(17)20-15/h2-5,10,14,18H,6-9H2,1H3. The molecule has 1 heterocycles. The molecule has 4 heteroatoms. The molecule has 1 aliphatic carbocycles. The molecule has 20 heavy (non-hydrogen) atoms. The van der Waals surface area contributed by atoms with Crippen molar-refractivity contribution in [2.45, 2.75) is 25.3 Å². The Balaban J connectivity index is 1.78. The lowest BCUT2D eigenvalue weighted by atomic mass is 10.1. The zero-order chi connectivity index (χ0) is 13.9. The number of hydrogen-bond acceptors (Lipinski definition) is 3. The molecule has 1 atom stereocenters. The van der Waals surface area contributed by atoms with Crippen molar-refractivity contribution in [1.29, 1.82) is 0 Å². The molecular formula is C16H18ClNOS. The molecule has 0 saturated heterocycles. The number of aryl methyl sites for hydroxylation is 1. The van der Waals surface area contributed by atoms with E-state index < -0.39 is 0 Å². The first kappa shape index (κ1) is 13.9. The number of anilines is 1. The lowest BCUT2D eigenvalue weighted by Crippen LogP contribution is -2.09. The molecule has 0 radical (unpaired) electrons. The van der Waals surface area contributed by atoms with Gasteiger partial charge in [0.25, 0.3) is 0 Å². The van der Waals surface area contributed by atoms with E-state index in [1.807, 2.05) is 0 Å². The van der Waals surface area contributed by atoms with Crippen molar-refractivity contribution in [2.75, 3.05) is 19.0 Å². The fraction of sp³-hybridized carbons (Fsp3) is 0.375. The Morgan fingerprint density at radius 3 is 3.10 bits per heavy atom. The van der Waals surface area contributed by atoms with Crippen LogP contribution in [0.4, 0.5) is 5.69 Å². The van der Waals surface area contributed by atoms with Crippen molar-refractivity contribution >= 4 is 28.6 Å². The maximum absolute atomic E-state index is 6.12. The summed E-state index contributed by atoms with van der Waals surface area (Å²) < 4.78 is 6.08. The Bertz CT molecular complexity index is 596. The highest BCUT2D eigenvalue weighted by molar-refractivity contribution is 7.16. The molecule has 0 fully saturated rings. The first-order valence-corrected chi connectivity index (χ1v) is 8.09. The highest BCUT2D eigenvalue weighted by atomic mass is 35.5. The second-order valence-electron chi connectivity index (χ2n) is 5.06. The average Bonchev–Trinajstić information content (AvgIpc) is 2.98. The smallest absolute Gasteiger partial charge is 0.0934 e. The largest absolute Gasteiger partial charge is 0.384 e. The summed E-state index contributed by atoms with van der Waals surface area (Å²) in [6, 6.07) is 11.0. The summed E-state index contributed by atoms with van der Waals surface area (Å²) in [5.74, 6) is 0. The minimum atomic E-state index is 0.387. The molecule has 1 aromatic heterocycles. The van der Waals surface area contributed by atoms with Gasteiger partial charge in [0, 0.05) is 17.7 Å². The number of hydrogen-bond donors (Lipinski definition) is 1. The SMILES string of the molecule is COCCc1ccccc1NC1CCc2sc(Cl)cc21. The Labute approximate surface area is 128 Å². The van der Waals surface area contributed by atoms with Crippen molar-refractivity contribution in [3.05, 3.63) is 50.7 Å². The van der Waals surface area contributed by atoms with Gasteiger partial charge in [-0.15, -0.1) is 11.3 Å². The normalized spacial score (nSPS) is 17.2. The molecule has 2 nitrogen and oxygen atoms in total. The maximum atomic E-state index is 6.12. The molecule has 0 spiro atoms. The molecule has 3 rings (SSSR count). The van der Waals surface area contributed by atoms with Gasteiger partial charge in [0.05, 0.1) is 17.0 Å². The lowest BCUT2D eigenvalue weighted by Gasteiger charge is -2.17. The van der Waals surface area contributed by atoms with Gasteiger partial charge in [0.2, 0.25) is 0 Å². The lowest BCUT2D eigenvalue weighted by molar-refractivity contribution is 0.202. The quantitative estimate of drug-likeness (QED) is 0.865. The monoisotopic (exact) mass is 307 g/mol. The minimum absolute atomic E-state index is 0.387. The van der Waals surface area contributed by atoms with Gasteiger partial charge in [-0.25, -0.2) is 0 Å². The summed E-state index contributed by atoms with van der Waals surface area (Å²) >= 11 is 7.84. The van der Waals surface area contributed by atoms with E-state index in [1.165, 1.54) is 21.7 Å². The van der Waals surface area contributed by atoms with Gasteiger partial charge in [-0.1, -0.05) is 29.8 Å². The van der Waals surface area contributed by atoms with Crippen LogP contribution in [0.3, 0.4) is 0 Å². The van der Waals surface area contributed by atoms with E-state index in [0.29, 0.717) is 6.04 Å². The number of thiophene rings is 1. The number of methoxy groups -OCH3 is 1. The van der Waals surface area contributed by atoms with Crippen LogP contribution in [0.1, 0.15) is 28.5 Å². The Hall–Kier alpha value is -1.03. The van der Waals surface area contributed by atoms with Crippen LogP contribution >= 0.6 is 22.9 Å². The third-order valence-electron chi connectivity index (χ3n) is 3.77. The van der Waals surface area contributed by atoms with Gasteiger partial charge < -0.3 is 10.1 Å². The van der Waals surface area contributed by atoms with E-state index in [4.69, 9.17) is 16.3 Å². The maximum Gasteiger partial charge on any atom is 0.0934 e. The molecule has 0 amide bonds. The third kappa shape index (κ3) is 2.85. The summed E-state index contributed by atoms with van der Waals surface area (Å²) in [7, 11) is 1.74. The zero-order valence-electron chi connectivity index (χ0n) is 11.5. The highest BCUT2D eigenvalue weighted by Crippen LogP contribution is 2.41. The molecule has 1 unspecified atom stereocenters. The number of ether oxygens (including phenoxy) is 1. The number of halogens is 1. The third-order valence-corrected chi connectivity index (χ3v) is 5.11. The molecule has 2 aromatic rings. The van der Waals surface area contributed by atoms with Crippen LogP contribution in [-0.4, -0.2) is 13.7 Å². The molecule has 106 valence electrons. The van der Waals surface area contributed by atoms with Gasteiger partial charge in [-0.05, 0) is 42.5 Å². The predicted octanol–water partition coefficient (Wildman–Crippen LogP) is 4.69. The first-order chi connectivity index (χ1) is 9.78. The number of rotatable bonds is 5. The number of fused-ring (bicyclic) bond motifs is 1. The highest BCUT2D eigenvalue weighted by Gasteiger charge is 2.25. The molecule has 1 aliphatic rings. The van der Waals surface area contributed by atoms with E-state index in [1.54, 1.807) is 18.4 Å². The summed E-state index contributed by atoms with van der Waals surface area (Å²) in [6.07, 6.45) is 3.21. The predicted molar refractivity (Wildman–Crippen MR) is 86.0 cm³/mol. The Morgan fingerprint density at radius 1 is 1.40 bits per heavy atom. The number of nitrogens with one attached hydrogen (secondary N) is 1. The van der Waals surface area contributed by atoms with Crippen LogP contribution in [0, 0.1) is 0 Å². The molecule has 0 bridgehead atoms. The zero-order valence-corrected chi connectivity index (χ0v) is 13.1. The number of benzene rings is 1. The van der Waals surface area contributed by atoms with Crippen molar-refractivity contribution < 1.29 is 4.74 Å². The minimum Gasteiger partial charge on any atom is -0.384 e. The van der Waals surface area contributed by atoms with E-state index >= 15 is 0 Å². The van der Waals surface area contributed by atoms with Crippen molar-refractivity contribution in [1.82, 2.24) is 0 Å². The molecular weight excluding hydrogens is 290 g/mol. The van der Waals surface area contributed by atoms with Crippen LogP contribution in [0.2, 0.25) is 4.34 Å². The topological polar surface area (TPSA) is 21.3 Å². The van der Waals surface area contributed by atoms with Gasteiger partial charge >= 0.3 is 0 Å². The van der Waals surface area contributed by atoms with Gasteiger partial charge in [0.15, 0.2) is 0 Å². The fourth-order valence-corrected chi connectivity index (χ4v) is 4.12. The van der Waals surface area contributed by atoms with E-state index in [9.17, 15) is 0 Å². The Morgan fingerprint density at radius 2 is 2.25 bits per heavy atom. The molecule has 1 N–H and O–H groups in total. The first-order valence-electron chi connectivity index (χ1n) is 6.89. The molecule has 0 aliphatic heterocycles. The van der Waals surface area contributed by atoms with Crippen molar-refractivity contribution in [3.63, 3.8) is 0 Å². The second kappa shape index (κ2) is 6.17. The molecule has 0 saturated carbocycles. The van der Waals surface area contributed by atoms with Gasteiger partial charge in [0.1, 0.15) is 0 Å². The summed E-state index contributed by atoms with van der Waals surface area (Å²) in [6.45, 7) is 0.749.